The monoisotopic (exact) mass is 396 g/mol. The van der Waals surface area contributed by atoms with Crippen molar-refractivity contribution in [1.82, 2.24) is 5.32 Å². The Morgan fingerprint density at radius 1 is 1.04 bits per heavy atom. The summed E-state index contributed by atoms with van der Waals surface area (Å²) in [7, 11) is 5.67. The molecule has 1 rings (SSSR count). The Balaban J connectivity index is 3.12. The Morgan fingerprint density at radius 2 is 1.61 bits per heavy atom. The lowest BCUT2D eigenvalue weighted by atomic mass is 10.0. The summed E-state index contributed by atoms with van der Waals surface area (Å²) in [5.74, 6) is 0.0793. The Kier molecular flexibility index (Phi) is 9.20. The van der Waals surface area contributed by atoms with E-state index in [1.165, 1.54) is 28.4 Å². The molecule has 0 bridgehead atoms. The zero-order valence-corrected chi connectivity index (χ0v) is 17.1. The van der Waals surface area contributed by atoms with E-state index in [0.29, 0.717) is 22.8 Å². The second-order valence-corrected chi connectivity index (χ2v) is 6.57. The first-order chi connectivity index (χ1) is 13.3. The van der Waals surface area contributed by atoms with Crippen molar-refractivity contribution in [3.05, 3.63) is 22.6 Å². The summed E-state index contributed by atoms with van der Waals surface area (Å²) in [6.07, 6.45) is 0.385. The highest BCUT2D eigenvalue weighted by Crippen LogP contribution is 2.38. The molecule has 1 unspecified atom stereocenters. The first-order valence-corrected chi connectivity index (χ1v) is 8.80. The van der Waals surface area contributed by atoms with Crippen LogP contribution in [0.25, 0.3) is 0 Å². The predicted octanol–water partition coefficient (Wildman–Crippen LogP) is 2.09. The van der Waals surface area contributed by atoms with Gasteiger partial charge >= 0.3 is 5.97 Å². The highest BCUT2D eigenvalue weighted by molar-refractivity contribution is 5.87. The summed E-state index contributed by atoms with van der Waals surface area (Å²) in [5.41, 5.74) is 0.643. The summed E-state index contributed by atoms with van der Waals surface area (Å²) >= 11 is 0. The van der Waals surface area contributed by atoms with E-state index in [9.17, 15) is 14.5 Å². The van der Waals surface area contributed by atoms with Crippen LogP contribution in [0, 0.1) is 10.8 Å². The number of amides is 1. The molecule has 2 atom stereocenters. The number of nitrogens with one attached hydrogen (secondary N) is 1. The van der Waals surface area contributed by atoms with Crippen molar-refractivity contribution < 1.29 is 28.5 Å². The van der Waals surface area contributed by atoms with Crippen LogP contribution < -0.4 is 19.5 Å². The number of ether oxygens (including phenoxy) is 4. The quantitative estimate of drug-likeness (QED) is 0.450. The number of carbonyl (C=O) groups excluding carboxylic acids is 2. The Bertz CT molecular complexity index is 666. The predicted molar refractivity (Wildman–Crippen MR) is 103 cm³/mol. The molecule has 1 amide bonds. The SMILES string of the molecule is COC(=O)[C@H](Cc1cc(OC)c(OC)c(OC)c1)NC(=O)C(CC(C)C)N=O. The van der Waals surface area contributed by atoms with Gasteiger partial charge in [0.25, 0.3) is 0 Å². The second kappa shape index (κ2) is 11.1. The third kappa shape index (κ3) is 6.11. The largest absolute Gasteiger partial charge is 0.493 e. The molecule has 0 spiro atoms. The molecule has 0 radical (unpaired) electrons. The van der Waals surface area contributed by atoms with E-state index in [4.69, 9.17) is 18.9 Å². The average molecular weight is 396 g/mol. The van der Waals surface area contributed by atoms with Crippen molar-refractivity contribution in [3.63, 3.8) is 0 Å². The normalized spacial score (nSPS) is 12.7. The van der Waals surface area contributed by atoms with Gasteiger partial charge in [-0.2, -0.15) is 0 Å². The van der Waals surface area contributed by atoms with Gasteiger partial charge < -0.3 is 24.3 Å². The van der Waals surface area contributed by atoms with Crippen molar-refractivity contribution >= 4 is 11.9 Å². The Morgan fingerprint density at radius 3 is 2.00 bits per heavy atom. The minimum atomic E-state index is -1.08. The van der Waals surface area contributed by atoms with Crippen molar-refractivity contribution in [3.8, 4) is 17.2 Å². The van der Waals surface area contributed by atoms with Crippen molar-refractivity contribution in [2.24, 2.45) is 11.1 Å². The fourth-order valence-corrected chi connectivity index (χ4v) is 2.74. The first-order valence-electron chi connectivity index (χ1n) is 8.80. The molecule has 1 aromatic rings. The topological polar surface area (TPSA) is 113 Å². The minimum absolute atomic E-state index is 0.0973. The summed E-state index contributed by atoms with van der Waals surface area (Å²) in [6.45, 7) is 3.75. The van der Waals surface area contributed by atoms with Crippen LogP contribution in [0.2, 0.25) is 0 Å². The lowest BCUT2D eigenvalue weighted by Crippen LogP contribution is -2.47. The van der Waals surface area contributed by atoms with Crippen molar-refractivity contribution in [2.75, 3.05) is 28.4 Å². The average Bonchev–Trinajstić information content (AvgIpc) is 2.69. The van der Waals surface area contributed by atoms with Gasteiger partial charge in [-0.3, -0.25) is 4.79 Å². The zero-order valence-electron chi connectivity index (χ0n) is 17.1. The molecule has 0 saturated heterocycles. The Hall–Kier alpha value is -2.84. The van der Waals surface area contributed by atoms with E-state index in [0.717, 1.165) is 0 Å². The van der Waals surface area contributed by atoms with Crippen LogP contribution in [0.15, 0.2) is 17.3 Å². The van der Waals surface area contributed by atoms with Gasteiger partial charge in [-0.1, -0.05) is 19.0 Å². The van der Waals surface area contributed by atoms with E-state index in [-0.39, 0.29) is 18.8 Å². The van der Waals surface area contributed by atoms with Gasteiger partial charge in [0.05, 0.1) is 28.4 Å². The molecular weight excluding hydrogens is 368 g/mol. The summed E-state index contributed by atoms with van der Waals surface area (Å²) < 4.78 is 20.7. The van der Waals surface area contributed by atoms with Crippen LogP contribution in [-0.4, -0.2) is 52.4 Å². The number of esters is 1. The Labute approximate surface area is 164 Å². The van der Waals surface area contributed by atoms with E-state index in [2.05, 4.69) is 10.5 Å². The lowest BCUT2D eigenvalue weighted by Gasteiger charge is -2.20. The van der Waals surface area contributed by atoms with Crippen LogP contribution in [0.5, 0.6) is 17.2 Å². The number of hydrogen-bond donors (Lipinski definition) is 1. The smallest absolute Gasteiger partial charge is 0.328 e. The standard InChI is InChI=1S/C19H28N2O7/c1-11(2)7-13(21-24)18(22)20-14(19(23)28-6)8-12-9-15(25-3)17(27-5)16(10-12)26-4/h9-11,13-14H,7-8H2,1-6H3,(H,20,22)/t13?,14-/m0/s1. The molecule has 0 aliphatic carbocycles. The zero-order chi connectivity index (χ0) is 21.3. The number of nitrogens with zero attached hydrogens (tertiary/aromatic N) is 1. The van der Waals surface area contributed by atoms with E-state index in [1.54, 1.807) is 12.1 Å². The molecule has 28 heavy (non-hydrogen) atoms. The van der Waals surface area contributed by atoms with Gasteiger partial charge in [-0.25, -0.2) is 4.79 Å². The maximum atomic E-state index is 12.4. The fraction of sp³-hybridized carbons (Fsp3) is 0.579. The second-order valence-electron chi connectivity index (χ2n) is 6.57. The lowest BCUT2D eigenvalue weighted by molar-refractivity contribution is -0.145. The number of carbonyl (C=O) groups is 2. The molecule has 0 fully saturated rings. The third-order valence-electron chi connectivity index (χ3n) is 4.09. The van der Waals surface area contributed by atoms with Crippen LogP contribution in [0.4, 0.5) is 0 Å². The minimum Gasteiger partial charge on any atom is -0.493 e. The molecular formula is C19H28N2O7. The maximum absolute atomic E-state index is 12.4. The highest BCUT2D eigenvalue weighted by Gasteiger charge is 2.28. The number of hydrogen-bond acceptors (Lipinski definition) is 8. The van der Waals surface area contributed by atoms with E-state index >= 15 is 0 Å². The van der Waals surface area contributed by atoms with Crippen LogP contribution in [-0.2, 0) is 20.7 Å². The van der Waals surface area contributed by atoms with Crippen LogP contribution in [0.1, 0.15) is 25.8 Å². The number of rotatable bonds is 11. The third-order valence-corrected chi connectivity index (χ3v) is 4.09. The van der Waals surface area contributed by atoms with Gasteiger partial charge in [0, 0.05) is 6.42 Å². The molecule has 156 valence electrons. The van der Waals surface area contributed by atoms with E-state index in [1.807, 2.05) is 13.8 Å². The van der Waals surface area contributed by atoms with Gasteiger partial charge in [-0.15, -0.1) is 4.91 Å². The van der Waals surface area contributed by atoms with Crippen molar-refractivity contribution in [2.45, 2.75) is 38.8 Å². The molecule has 9 nitrogen and oxygen atoms in total. The molecule has 0 saturated carbocycles. The van der Waals surface area contributed by atoms with Crippen LogP contribution >= 0.6 is 0 Å². The number of benzene rings is 1. The molecule has 0 aliphatic rings. The van der Waals surface area contributed by atoms with Gasteiger partial charge in [-0.05, 0) is 30.0 Å². The molecule has 0 aromatic heterocycles. The maximum Gasteiger partial charge on any atom is 0.328 e. The number of methoxy groups -OCH3 is 4. The summed E-state index contributed by atoms with van der Waals surface area (Å²) in [5, 5.41) is 5.44. The van der Waals surface area contributed by atoms with Gasteiger partial charge in [0.1, 0.15) is 6.04 Å². The first kappa shape index (κ1) is 23.2. The van der Waals surface area contributed by atoms with Crippen molar-refractivity contribution in [1.29, 1.82) is 0 Å². The fourth-order valence-electron chi connectivity index (χ4n) is 2.74. The molecule has 0 aliphatic heterocycles. The van der Waals surface area contributed by atoms with Crippen LogP contribution in [0.3, 0.4) is 0 Å². The van der Waals surface area contributed by atoms with Gasteiger partial charge in [0.2, 0.25) is 11.7 Å². The van der Waals surface area contributed by atoms with Gasteiger partial charge in [0.15, 0.2) is 17.5 Å². The van der Waals surface area contributed by atoms with E-state index < -0.39 is 24.0 Å². The summed E-state index contributed by atoms with van der Waals surface area (Å²) in [4.78, 5) is 35.6. The summed E-state index contributed by atoms with van der Waals surface area (Å²) in [6, 6.07) is 1.27. The molecule has 0 heterocycles. The molecule has 1 N–H and O–H groups in total. The molecule has 1 aromatic carbocycles. The highest BCUT2D eigenvalue weighted by atomic mass is 16.5. The molecule has 9 heteroatoms. The number of nitroso groups, excluding NO2 is 1.